The van der Waals surface area contributed by atoms with E-state index in [1.54, 1.807) is 18.2 Å². The maximum atomic E-state index is 12.3. The number of hydrogen-bond acceptors (Lipinski definition) is 5. The molecule has 0 aliphatic heterocycles. The van der Waals surface area contributed by atoms with Crippen LogP contribution in [-0.4, -0.2) is 26.4 Å². The summed E-state index contributed by atoms with van der Waals surface area (Å²) in [6.07, 6.45) is 0. The predicted molar refractivity (Wildman–Crippen MR) is 126 cm³/mol. The molecule has 0 saturated heterocycles. The van der Waals surface area contributed by atoms with Crippen LogP contribution in [0.25, 0.3) is 0 Å². The molecular weight excluding hydrogens is 455 g/mol. The van der Waals surface area contributed by atoms with Crippen LogP contribution in [0.1, 0.15) is 36.7 Å². The molecule has 3 aromatic rings. The highest BCUT2D eigenvalue weighted by Crippen LogP contribution is 2.28. The van der Waals surface area contributed by atoms with E-state index in [0.717, 1.165) is 16.9 Å². The Balaban J connectivity index is 1.59. The zero-order chi connectivity index (χ0) is 22.5. The van der Waals surface area contributed by atoms with Gasteiger partial charge in [-0.25, -0.2) is 0 Å². The molecule has 0 aliphatic carbocycles. The van der Waals surface area contributed by atoms with Crippen molar-refractivity contribution < 1.29 is 9.53 Å². The minimum atomic E-state index is -0.189. The lowest BCUT2D eigenvalue weighted by Gasteiger charge is -2.14. The maximum Gasteiger partial charge on any atom is 0.234 e. The number of hydrogen-bond donors (Lipinski definition) is 1. The molecule has 0 atom stereocenters. The van der Waals surface area contributed by atoms with Crippen molar-refractivity contribution in [1.82, 2.24) is 14.8 Å². The SMILES string of the molecule is Cc1ccc(C(C)C)c(OCc2nnc(SCC(=O)Nc3cc(Cl)cc(Cl)c3)n2C)c1. The molecule has 2 aromatic carbocycles. The second-order valence-electron chi connectivity index (χ2n) is 7.44. The zero-order valence-corrected chi connectivity index (χ0v) is 20.1. The Labute approximate surface area is 196 Å². The number of carbonyl (C=O) groups is 1. The van der Waals surface area contributed by atoms with Gasteiger partial charge in [0.1, 0.15) is 12.4 Å². The van der Waals surface area contributed by atoms with Crippen LogP contribution in [0.3, 0.4) is 0 Å². The number of nitrogens with one attached hydrogen (secondary N) is 1. The molecule has 0 unspecified atom stereocenters. The number of aryl methyl sites for hydroxylation is 1. The molecule has 0 saturated carbocycles. The lowest BCUT2D eigenvalue weighted by molar-refractivity contribution is -0.113. The monoisotopic (exact) mass is 478 g/mol. The number of anilines is 1. The van der Waals surface area contributed by atoms with Crippen molar-refractivity contribution in [2.75, 3.05) is 11.1 Å². The number of benzene rings is 2. The summed E-state index contributed by atoms with van der Waals surface area (Å²) in [5.74, 6) is 1.87. The molecule has 1 N–H and O–H groups in total. The van der Waals surface area contributed by atoms with Gasteiger partial charge < -0.3 is 14.6 Å². The van der Waals surface area contributed by atoms with Gasteiger partial charge in [0.2, 0.25) is 5.91 Å². The molecule has 0 bridgehead atoms. The Morgan fingerprint density at radius 1 is 1.16 bits per heavy atom. The molecule has 0 aliphatic rings. The van der Waals surface area contributed by atoms with Crippen LogP contribution < -0.4 is 10.1 Å². The minimum absolute atomic E-state index is 0.173. The summed E-state index contributed by atoms with van der Waals surface area (Å²) in [6, 6.07) is 11.1. The fourth-order valence-electron chi connectivity index (χ4n) is 2.94. The number of aromatic nitrogens is 3. The van der Waals surface area contributed by atoms with E-state index in [1.165, 1.54) is 11.8 Å². The molecule has 1 aromatic heterocycles. The van der Waals surface area contributed by atoms with Crippen molar-refractivity contribution >= 4 is 46.6 Å². The van der Waals surface area contributed by atoms with Gasteiger partial charge >= 0.3 is 0 Å². The third kappa shape index (κ3) is 6.38. The molecule has 164 valence electrons. The van der Waals surface area contributed by atoms with Crippen molar-refractivity contribution in [2.45, 2.75) is 38.5 Å². The number of nitrogens with zero attached hydrogens (tertiary/aromatic N) is 3. The van der Waals surface area contributed by atoms with Crippen LogP contribution in [0.2, 0.25) is 10.0 Å². The summed E-state index contributed by atoms with van der Waals surface area (Å²) in [4.78, 5) is 12.3. The molecule has 1 heterocycles. The van der Waals surface area contributed by atoms with Gasteiger partial charge in [0.15, 0.2) is 11.0 Å². The number of amides is 1. The smallest absolute Gasteiger partial charge is 0.234 e. The summed E-state index contributed by atoms with van der Waals surface area (Å²) in [6.45, 7) is 6.60. The summed E-state index contributed by atoms with van der Waals surface area (Å²) >= 11 is 13.2. The first-order chi connectivity index (χ1) is 14.7. The van der Waals surface area contributed by atoms with E-state index in [0.29, 0.717) is 39.2 Å². The van der Waals surface area contributed by atoms with E-state index in [9.17, 15) is 4.79 Å². The van der Waals surface area contributed by atoms with E-state index >= 15 is 0 Å². The second-order valence-corrected chi connectivity index (χ2v) is 9.25. The van der Waals surface area contributed by atoms with Gasteiger partial charge in [-0.3, -0.25) is 4.79 Å². The third-order valence-electron chi connectivity index (χ3n) is 4.55. The van der Waals surface area contributed by atoms with Gasteiger partial charge in [0.05, 0.1) is 5.75 Å². The fourth-order valence-corrected chi connectivity index (χ4v) is 4.19. The summed E-state index contributed by atoms with van der Waals surface area (Å²) < 4.78 is 7.88. The highest BCUT2D eigenvalue weighted by Gasteiger charge is 2.14. The minimum Gasteiger partial charge on any atom is -0.485 e. The third-order valence-corrected chi connectivity index (χ3v) is 6.01. The first-order valence-corrected chi connectivity index (χ1v) is 11.5. The quantitative estimate of drug-likeness (QED) is 0.410. The molecule has 1 amide bonds. The average Bonchev–Trinajstić information content (AvgIpc) is 3.03. The average molecular weight is 479 g/mol. The van der Waals surface area contributed by atoms with Gasteiger partial charge in [-0.2, -0.15) is 0 Å². The number of halogens is 2. The van der Waals surface area contributed by atoms with E-state index in [4.69, 9.17) is 27.9 Å². The van der Waals surface area contributed by atoms with Crippen molar-refractivity contribution in [3.63, 3.8) is 0 Å². The van der Waals surface area contributed by atoms with Crippen molar-refractivity contribution in [3.05, 3.63) is 63.4 Å². The molecule has 0 fully saturated rings. The number of carbonyl (C=O) groups excluding carboxylic acids is 1. The standard InChI is InChI=1S/C22H24Cl2N4O2S/c1-13(2)18-6-5-14(3)7-19(18)30-11-20-26-27-22(28(20)4)31-12-21(29)25-17-9-15(23)8-16(24)10-17/h5-10,13H,11-12H2,1-4H3,(H,25,29). The lowest BCUT2D eigenvalue weighted by atomic mass is 10.0. The Hall–Kier alpha value is -2.22. The summed E-state index contributed by atoms with van der Waals surface area (Å²) in [5.41, 5.74) is 2.84. The van der Waals surface area contributed by atoms with Gasteiger partial charge in [-0.15, -0.1) is 10.2 Å². The maximum absolute atomic E-state index is 12.3. The Bertz CT molecular complexity index is 1070. The molecule has 0 spiro atoms. The first-order valence-electron chi connectivity index (χ1n) is 9.73. The molecule has 0 radical (unpaired) electrons. The summed E-state index contributed by atoms with van der Waals surface area (Å²) in [5, 5.41) is 12.7. The van der Waals surface area contributed by atoms with Crippen molar-refractivity contribution in [3.8, 4) is 5.75 Å². The van der Waals surface area contributed by atoms with E-state index < -0.39 is 0 Å². The highest BCUT2D eigenvalue weighted by molar-refractivity contribution is 7.99. The van der Waals surface area contributed by atoms with Crippen LogP contribution in [-0.2, 0) is 18.4 Å². The Morgan fingerprint density at radius 3 is 2.55 bits per heavy atom. The summed E-state index contributed by atoms with van der Waals surface area (Å²) in [7, 11) is 1.86. The Kier molecular flexibility index (Phi) is 7.86. The van der Waals surface area contributed by atoms with Crippen LogP contribution >= 0.6 is 35.0 Å². The fraction of sp³-hybridized carbons (Fsp3) is 0.318. The van der Waals surface area contributed by atoms with Gasteiger partial charge in [0.25, 0.3) is 0 Å². The normalized spacial score (nSPS) is 11.1. The highest BCUT2D eigenvalue weighted by atomic mass is 35.5. The topological polar surface area (TPSA) is 69.0 Å². The first kappa shape index (κ1) is 23.4. The largest absolute Gasteiger partial charge is 0.485 e. The van der Waals surface area contributed by atoms with Crippen LogP contribution in [0.15, 0.2) is 41.6 Å². The zero-order valence-electron chi connectivity index (χ0n) is 17.8. The molecule has 6 nitrogen and oxygen atoms in total. The van der Waals surface area contributed by atoms with Crippen LogP contribution in [0, 0.1) is 6.92 Å². The van der Waals surface area contributed by atoms with Crippen LogP contribution in [0.4, 0.5) is 5.69 Å². The lowest BCUT2D eigenvalue weighted by Crippen LogP contribution is -2.14. The Morgan fingerprint density at radius 2 is 1.87 bits per heavy atom. The molecule has 31 heavy (non-hydrogen) atoms. The van der Waals surface area contributed by atoms with Crippen molar-refractivity contribution in [2.24, 2.45) is 7.05 Å². The molecule has 9 heteroatoms. The van der Waals surface area contributed by atoms with Crippen LogP contribution in [0.5, 0.6) is 5.75 Å². The molecular formula is C22H24Cl2N4O2S. The number of rotatable bonds is 8. The van der Waals surface area contributed by atoms with Gasteiger partial charge in [-0.05, 0) is 48.2 Å². The molecule has 3 rings (SSSR count). The predicted octanol–water partition coefficient (Wildman–Crippen LogP) is 5.86. The number of thioether (sulfide) groups is 1. The van der Waals surface area contributed by atoms with E-state index in [1.807, 2.05) is 24.6 Å². The van der Waals surface area contributed by atoms with E-state index in [-0.39, 0.29) is 11.7 Å². The second kappa shape index (κ2) is 10.4. The van der Waals surface area contributed by atoms with Crippen molar-refractivity contribution in [1.29, 1.82) is 0 Å². The van der Waals surface area contributed by atoms with Gasteiger partial charge in [0, 0.05) is 22.8 Å². The number of ether oxygens (including phenoxy) is 1. The van der Waals surface area contributed by atoms with Gasteiger partial charge in [-0.1, -0.05) is 60.9 Å². The van der Waals surface area contributed by atoms with E-state index in [2.05, 4.69) is 41.5 Å².